The van der Waals surface area contributed by atoms with Crippen LogP contribution in [0.1, 0.15) is 19.4 Å². The van der Waals surface area contributed by atoms with E-state index in [1.807, 2.05) is 70.1 Å². The molecule has 1 aromatic carbocycles. The first-order chi connectivity index (χ1) is 17.7. The van der Waals surface area contributed by atoms with Gasteiger partial charge in [0.05, 0.1) is 18.4 Å². The second kappa shape index (κ2) is 11.0. The van der Waals surface area contributed by atoms with Gasteiger partial charge in [-0.1, -0.05) is 50.2 Å². The number of hydrogen-bond donors (Lipinski definition) is 1. The number of aromatic nitrogens is 6. The number of benzene rings is 1. The molecular formula is C27H30N8O. The van der Waals surface area contributed by atoms with Crippen LogP contribution in [0.2, 0.25) is 0 Å². The number of ether oxygens (including phenoxy) is 1. The average Bonchev–Trinajstić information content (AvgIpc) is 3.54. The molecule has 1 N–H and O–H groups in total. The van der Waals surface area contributed by atoms with E-state index in [9.17, 15) is 0 Å². The van der Waals surface area contributed by atoms with Crippen molar-refractivity contribution in [2.45, 2.75) is 20.4 Å². The summed E-state index contributed by atoms with van der Waals surface area (Å²) in [4.78, 5) is 11.3. The second-order valence-electron chi connectivity index (χ2n) is 8.41. The second-order valence-corrected chi connectivity index (χ2v) is 8.41. The summed E-state index contributed by atoms with van der Waals surface area (Å²) in [5.41, 5.74) is 4.65. The van der Waals surface area contributed by atoms with Crippen molar-refractivity contribution < 1.29 is 4.74 Å². The lowest BCUT2D eigenvalue weighted by Gasteiger charge is -2.17. The number of nitrogens with zero attached hydrogens (tertiary/aromatic N) is 7. The molecule has 9 nitrogen and oxygen atoms in total. The normalized spacial score (nSPS) is 11.3. The molecule has 0 atom stereocenters. The van der Waals surface area contributed by atoms with Crippen LogP contribution in [0.25, 0.3) is 16.9 Å². The number of hydrogen-bond acceptors (Lipinski definition) is 7. The van der Waals surface area contributed by atoms with Gasteiger partial charge in [-0.2, -0.15) is 10.1 Å². The molecule has 0 radical (unpaired) electrons. The summed E-state index contributed by atoms with van der Waals surface area (Å²) in [6.07, 6.45) is 5.61. The van der Waals surface area contributed by atoms with E-state index in [1.54, 1.807) is 6.20 Å². The van der Waals surface area contributed by atoms with Crippen LogP contribution in [0.4, 0.5) is 11.6 Å². The Hall–Kier alpha value is -4.24. The fourth-order valence-corrected chi connectivity index (χ4v) is 4.04. The number of fused-ring (bicyclic) bond motifs is 1. The largest absolute Gasteiger partial charge is 0.476 e. The monoisotopic (exact) mass is 482 g/mol. The molecule has 0 saturated heterocycles. The van der Waals surface area contributed by atoms with E-state index in [2.05, 4.69) is 51.3 Å². The van der Waals surface area contributed by atoms with Gasteiger partial charge in [0.25, 0.3) is 0 Å². The van der Waals surface area contributed by atoms with Crippen LogP contribution in [0.15, 0.2) is 79.3 Å². The predicted octanol–water partition coefficient (Wildman–Crippen LogP) is 4.50. The van der Waals surface area contributed by atoms with E-state index >= 15 is 0 Å². The van der Waals surface area contributed by atoms with Crippen LogP contribution in [-0.2, 0) is 6.54 Å². The smallest absolute Gasteiger partial charge is 0.247 e. The molecular weight excluding hydrogens is 452 g/mol. The van der Waals surface area contributed by atoms with Crippen LogP contribution in [0, 0.1) is 0 Å². The van der Waals surface area contributed by atoms with Gasteiger partial charge in [-0.3, -0.25) is 4.68 Å². The highest BCUT2D eigenvalue weighted by atomic mass is 16.5. The maximum absolute atomic E-state index is 5.85. The average molecular weight is 483 g/mol. The Kier molecular flexibility index (Phi) is 7.18. The van der Waals surface area contributed by atoms with E-state index in [0.29, 0.717) is 25.0 Å². The summed E-state index contributed by atoms with van der Waals surface area (Å²) in [7, 11) is 0. The minimum absolute atomic E-state index is 0.499. The predicted molar refractivity (Wildman–Crippen MR) is 141 cm³/mol. The summed E-state index contributed by atoms with van der Waals surface area (Å²) in [6, 6.07) is 19.9. The molecule has 0 unspecified atom stereocenters. The zero-order valence-electron chi connectivity index (χ0n) is 20.6. The SMILES string of the molecule is CCN(CC)CCOc1cc(Nc2nc3cccc(-c4cnn(Cc5ccccc5)c4)n3n2)ccn1. The topological polar surface area (TPSA) is 85.4 Å². The molecule has 0 aliphatic rings. The maximum Gasteiger partial charge on any atom is 0.247 e. The van der Waals surface area contributed by atoms with Gasteiger partial charge in [-0.05, 0) is 36.9 Å². The van der Waals surface area contributed by atoms with Gasteiger partial charge in [0.15, 0.2) is 5.65 Å². The van der Waals surface area contributed by atoms with Crippen molar-refractivity contribution in [2.24, 2.45) is 0 Å². The Balaban J connectivity index is 1.30. The molecule has 5 rings (SSSR count). The fourth-order valence-electron chi connectivity index (χ4n) is 4.04. The molecule has 184 valence electrons. The third kappa shape index (κ3) is 5.52. The number of likely N-dealkylation sites (N-methyl/N-ethyl adjacent to an activating group) is 1. The van der Waals surface area contributed by atoms with Gasteiger partial charge in [-0.25, -0.2) is 9.50 Å². The van der Waals surface area contributed by atoms with Crippen LogP contribution >= 0.6 is 0 Å². The molecule has 5 aromatic rings. The first-order valence-electron chi connectivity index (χ1n) is 12.2. The minimum atomic E-state index is 0.499. The fraction of sp³-hybridized carbons (Fsp3) is 0.259. The molecule has 0 fully saturated rings. The molecule has 9 heteroatoms. The van der Waals surface area contributed by atoms with E-state index in [-0.39, 0.29) is 0 Å². The van der Waals surface area contributed by atoms with Gasteiger partial charge in [-0.15, -0.1) is 5.10 Å². The van der Waals surface area contributed by atoms with Gasteiger partial charge >= 0.3 is 0 Å². The van der Waals surface area contributed by atoms with E-state index in [1.165, 1.54) is 5.56 Å². The van der Waals surface area contributed by atoms with Crippen molar-refractivity contribution >= 4 is 17.3 Å². The van der Waals surface area contributed by atoms with Crippen LogP contribution in [0.5, 0.6) is 5.88 Å². The summed E-state index contributed by atoms with van der Waals surface area (Å²) in [5.74, 6) is 1.07. The highest BCUT2D eigenvalue weighted by molar-refractivity contribution is 5.63. The maximum atomic E-state index is 5.85. The quantitative estimate of drug-likeness (QED) is 0.297. The van der Waals surface area contributed by atoms with Gasteiger partial charge < -0.3 is 15.0 Å². The zero-order valence-corrected chi connectivity index (χ0v) is 20.6. The van der Waals surface area contributed by atoms with E-state index < -0.39 is 0 Å². The number of pyridine rings is 2. The Morgan fingerprint density at radius 1 is 1.00 bits per heavy atom. The highest BCUT2D eigenvalue weighted by Crippen LogP contribution is 2.23. The minimum Gasteiger partial charge on any atom is -0.476 e. The molecule has 0 spiro atoms. The molecule has 4 heterocycles. The number of rotatable bonds is 11. The lowest BCUT2D eigenvalue weighted by molar-refractivity contribution is 0.218. The van der Waals surface area contributed by atoms with Crippen molar-refractivity contribution in [3.63, 3.8) is 0 Å². The molecule has 0 amide bonds. The highest BCUT2D eigenvalue weighted by Gasteiger charge is 2.12. The standard InChI is InChI=1S/C27H30N8O/c1-3-33(4-2)15-16-36-26-17-23(13-14-28-26)30-27-31-25-12-8-11-24(35(25)32-27)22-18-29-34(20-22)19-21-9-6-5-7-10-21/h5-14,17-18,20H,3-4,15-16,19H2,1-2H3,(H,28,30,32). The molecule has 0 bridgehead atoms. The number of anilines is 2. The Bertz CT molecular complexity index is 1410. The molecule has 0 aliphatic carbocycles. The number of nitrogens with one attached hydrogen (secondary N) is 1. The first-order valence-corrected chi connectivity index (χ1v) is 12.2. The van der Waals surface area contributed by atoms with Crippen LogP contribution < -0.4 is 10.1 Å². The molecule has 36 heavy (non-hydrogen) atoms. The van der Waals surface area contributed by atoms with Crippen molar-refractivity contribution in [3.8, 4) is 17.1 Å². The molecule has 4 aromatic heterocycles. The lowest BCUT2D eigenvalue weighted by atomic mass is 10.2. The van der Waals surface area contributed by atoms with E-state index in [0.717, 1.165) is 42.2 Å². The lowest BCUT2D eigenvalue weighted by Crippen LogP contribution is -2.28. The van der Waals surface area contributed by atoms with Crippen molar-refractivity contribution in [1.29, 1.82) is 0 Å². The third-order valence-corrected chi connectivity index (χ3v) is 6.02. The summed E-state index contributed by atoms with van der Waals surface area (Å²) in [5, 5.41) is 12.5. The molecule has 0 aliphatic heterocycles. The van der Waals surface area contributed by atoms with Gasteiger partial charge in [0, 0.05) is 36.3 Å². The summed E-state index contributed by atoms with van der Waals surface area (Å²) >= 11 is 0. The third-order valence-electron chi connectivity index (χ3n) is 6.02. The van der Waals surface area contributed by atoms with Gasteiger partial charge in [0.1, 0.15) is 6.61 Å². The Morgan fingerprint density at radius 3 is 2.69 bits per heavy atom. The molecule has 0 saturated carbocycles. The first kappa shape index (κ1) is 23.5. The Morgan fingerprint density at radius 2 is 1.86 bits per heavy atom. The Labute approximate surface area is 210 Å². The van der Waals surface area contributed by atoms with E-state index in [4.69, 9.17) is 9.84 Å². The van der Waals surface area contributed by atoms with Crippen molar-refractivity contribution in [3.05, 3.63) is 84.8 Å². The van der Waals surface area contributed by atoms with Crippen LogP contribution in [-0.4, -0.2) is 60.5 Å². The van der Waals surface area contributed by atoms with Crippen molar-refractivity contribution in [2.75, 3.05) is 31.6 Å². The summed E-state index contributed by atoms with van der Waals surface area (Å²) in [6.45, 7) is 8.47. The van der Waals surface area contributed by atoms with Gasteiger partial charge in [0.2, 0.25) is 11.8 Å². The van der Waals surface area contributed by atoms with Crippen molar-refractivity contribution in [1.82, 2.24) is 34.3 Å². The summed E-state index contributed by atoms with van der Waals surface area (Å²) < 4.78 is 9.61. The van der Waals surface area contributed by atoms with Crippen LogP contribution in [0.3, 0.4) is 0 Å². The zero-order chi connectivity index (χ0) is 24.7.